The van der Waals surface area contributed by atoms with Gasteiger partial charge in [0.2, 0.25) is 10.0 Å². The summed E-state index contributed by atoms with van der Waals surface area (Å²) in [6.45, 7) is -0.0141. The number of fused-ring (bicyclic) bond motifs is 1. The fourth-order valence-electron chi connectivity index (χ4n) is 2.16. The third-order valence-electron chi connectivity index (χ3n) is 3.24. The molecule has 1 aromatic rings. The smallest absolute Gasteiger partial charge is 0.312 e. The van der Waals surface area contributed by atoms with Crippen molar-refractivity contribution in [1.82, 2.24) is 0 Å². The van der Waals surface area contributed by atoms with Crippen LogP contribution in [0, 0.1) is 10.1 Å². The first-order valence-corrected chi connectivity index (χ1v) is 8.25. The molecule has 2 aliphatic heterocycles. The van der Waals surface area contributed by atoms with Crippen molar-refractivity contribution in [3.63, 3.8) is 0 Å². The van der Waals surface area contributed by atoms with E-state index in [0.29, 0.717) is 11.5 Å². The lowest BCUT2D eigenvalue weighted by Gasteiger charge is -2.13. The molecule has 0 aliphatic carbocycles. The highest BCUT2D eigenvalue weighted by Gasteiger charge is 2.26. The number of allylic oxidation sites excluding steroid dienone is 2. The molecule has 0 fully saturated rings. The summed E-state index contributed by atoms with van der Waals surface area (Å²) in [5, 5.41) is 16.1. The van der Waals surface area contributed by atoms with E-state index in [-0.39, 0.29) is 17.3 Å². The van der Waals surface area contributed by atoms with Crippen molar-refractivity contribution < 1.29 is 27.6 Å². The molecule has 3 rings (SSSR count). The van der Waals surface area contributed by atoms with Gasteiger partial charge in [-0.1, -0.05) is 0 Å². The van der Waals surface area contributed by atoms with Crippen LogP contribution in [0.1, 0.15) is 0 Å². The molecular formula is C14H12N2O7S. The minimum atomic E-state index is -4.05. The van der Waals surface area contributed by atoms with Crippen molar-refractivity contribution in [2.75, 3.05) is 6.61 Å². The maximum atomic E-state index is 11.3. The van der Waals surface area contributed by atoms with Gasteiger partial charge in [-0.25, -0.2) is 13.6 Å². The van der Waals surface area contributed by atoms with Gasteiger partial charge >= 0.3 is 5.69 Å². The van der Waals surface area contributed by atoms with Gasteiger partial charge in [0.25, 0.3) is 0 Å². The van der Waals surface area contributed by atoms with E-state index < -0.39 is 26.7 Å². The van der Waals surface area contributed by atoms with E-state index in [1.807, 2.05) is 0 Å². The Bertz CT molecular complexity index is 886. The fraction of sp³-hybridized carbons (Fsp3) is 0.143. The lowest BCUT2D eigenvalue weighted by molar-refractivity contribution is -0.386. The lowest BCUT2D eigenvalue weighted by atomic mass is 10.3. The predicted octanol–water partition coefficient (Wildman–Crippen LogP) is 1.33. The topological polar surface area (TPSA) is 131 Å². The second-order valence-electron chi connectivity index (χ2n) is 4.91. The van der Waals surface area contributed by atoms with Crippen LogP contribution >= 0.6 is 0 Å². The van der Waals surface area contributed by atoms with E-state index >= 15 is 0 Å². The third-order valence-corrected chi connectivity index (χ3v) is 4.15. The number of hydrogen-bond acceptors (Lipinski definition) is 7. The number of benzene rings is 1. The number of nitro groups is 1. The van der Waals surface area contributed by atoms with Crippen LogP contribution in [0.2, 0.25) is 0 Å². The summed E-state index contributed by atoms with van der Waals surface area (Å²) in [5.74, 6) is 1.01. The molecule has 10 heteroatoms. The van der Waals surface area contributed by atoms with E-state index in [0.717, 1.165) is 12.1 Å². The van der Waals surface area contributed by atoms with Crippen LogP contribution < -0.4 is 9.88 Å². The lowest BCUT2D eigenvalue weighted by Crippen LogP contribution is -2.16. The molecule has 0 radical (unpaired) electrons. The molecule has 0 amide bonds. The molecule has 1 atom stereocenters. The zero-order chi connectivity index (χ0) is 17.3. The summed E-state index contributed by atoms with van der Waals surface area (Å²) in [5.41, 5.74) is -0.498. The second-order valence-corrected chi connectivity index (χ2v) is 6.47. The standard InChI is InChI=1S/C14H12N2O7S/c15-24(19,20)10-3-4-12(11(7-10)16(17)18)22-8-9-6-14-13(23-9)2-1-5-21-14/h1-7,9H,8H2,(H2,15,19,20). The van der Waals surface area contributed by atoms with Gasteiger partial charge in [0.1, 0.15) is 6.61 Å². The Morgan fingerprint density at radius 1 is 1.33 bits per heavy atom. The quantitative estimate of drug-likeness (QED) is 0.624. The van der Waals surface area contributed by atoms with Crippen LogP contribution in [0.15, 0.2) is 59.1 Å². The number of nitrogens with zero attached hydrogens (tertiary/aromatic N) is 1. The summed E-state index contributed by atoms with van der Waals surface area (Å²) >= 11 is 0. The maximum Gasteiger partial charge on any atom is 0.312 e. The van der Waals surface area contributed by atoms with E-state index in [2.05, 4.69) is 0 Å². The molecular weight excluding hydrogens is 340 g/mol. The van der Waals surface area contributed by atoms with Gasteiger partial charge < -0.3 is 14.2 Å². The molecule has 2 heterocycles. The van der Waals surface area contributed by atoms with Gasteiger partial charge in [-0.05, 0) is 24.3 Å². The molecule has 9 nitrogen and oxygen atoms in total. The molecule has 0 saturated heterocycles. The molecule has 126 valence electrons. The normalized spacial score (nSPS) is 18.8. The van der Waals surface area contributed by atoms with Crippen LogP contribution in [-0.2, 0) is 19.5 Å². The molecule has 0 aromatic heterocycles. The largest absolute Gasteiger partial charge is 0.483 e. The Hall–Kier alpha value is -2.85. The minimum absolute atomic E-state index is 0.0141. The van der Waals surface area contributed by atoms with E-state index in [1.54, 1.807) is 18.2 Å². The highest BCUT2D eigenvalue weighted by molar-refractivity contribution is 7.89. The summed E-state index contributed by atoms with van der Waals surface area (Å²) < 4.78 is 38.8. The van der Waals surface area contributed by atoms with Crippen molar-refractivity contribution in [3.8, 4) is 5.75 Å². The van der Waals surface area contributed by atoms with Gasteiger partial charge in [0, 0.05) is 12.1 Å². The number of primary sulfonamides is 1. The van der Waals surface area contributed by atoms with Crippen LogP contribution in [0.4, 0.5) is 5.69 Å². The van der Waals surface area contributed by atoms with Crippen molar-refractivity contribution in [3.05, 3.63) is 64.3 Å². The molecule has 2 N–H and O–H groups in total. The zero-order valence-electron chi connectivity index (χ0n) is 12.1. The molecule has 0 saturated carbocycles. The number of ether oxygens (including phenoxy) is 3. The molecule has 24 heavy (non-hydrogen) atoms. The van der Waals surface area contributed by atoms with Gasteiger partial charge in [-0.15, -0.1) is 0 Å². The first-order chi connectivity index (χ1) is 11.3. The van der Waals surface area contributed by atoms with Crippen LogP contribution in [0.25, 0.3) is 0 Å². The Kier molecular flexibility index (Phi) is 3.99. The highest BCUT2D eigenvalue weighted by Crippen LogP contribution is 2.31. The average Bonchev–Trinajstić information content (AvgIpc) is 2.94. The number of hydrogen-bond donors (Lipinski definition) is 1. The molecule has 1 unspecified atom stereocenters. The second kappa shape index (κ2) is 5.98. The van der Waals surface area contributed by atoms with Crippen LogP contribution in [-0.4, -0.2) is 26.1 Å². The maximum absolute atomic E-state index is 11.3. The monoisotopic (exact) mass is 352 g/mol. The van der Waals surface area contributed by atoms with Crippen LogP contribution in [0.5, 0.6) is 5.75 Å². The third kappa shape index (κ3) is 3.24. The van der Waals surface area contributed by atoms with Gasteiger partial charge in [0.15, 0.2) is 23.4 Å². The summed E-state index contributed by atoms with van der Waals surface area (Å²) in [7, 11) is -4.05. The Morgan fingerprint density at radius 3 is 2.79 bits per heavy atom. The van der Waals surface area contributed by atoms with Crippen molar-refractivity contribution >= 4 is 15.7 Å². The number of sulfonamides is 1. The SMILES string of the molecule is NS(=O)(=O)c1ccc(OCC2C=C3OC=CC=C3O2)c([N+](=O)[O-])c1. The van der Waals surface area contributed by atoms with E-state index in [9.17, 15) is 18.5 Å². The number of nitro benzene ring substituents is 1. The first-order valence-electron chi connectivity index (χ1n) is 6.71. The number of rotatable bonds is 5. The first kappa shape index (κ1) is 16.0. The van der Waals surface area contributed by atoms with Crippen molar-refractivity contribution in [2.24, 2.45) is 5.14 Å². The van der Waals surface area contributed by atoms with Gasteiger partial charge in [-0.3, -0.25) is 10.1 Å². The average molecular weight is 352 g/mol. The molecule has 1 aromatic carbocycles. The zero-order valence-corrected chi connectivity index (χ0v) is 12.9. The fourth-order valence-corrected chi connectivity index (χ4v) is 2.69. The molecule has 0 spiro atoms. The predicted molar refractivity (Wildman–Crippen MR) is 81.2 cm³/mol. The Labute approximate surface area is 136 Å². The van der Waals surface area contributed by atoms with Crippen LogP contribution in [0.3, 0.4) is 0 Å². The summed E-state index contributed by atoms with van der Waals surface area (Å²) in [6, 6.07) is 3.18. The summed E-state index contributed by atoms with van der Waals surface area (Å²) in [6.07, 6.45) is 6.09. The van der Waals surface area contributed by atoms with Crippen molar-refractivity contribution in [1.29, 1.82) is 0 Å². The van der Waals surface area contributed by atoms with E-state index in [1.165, 1.54) is 12.3 Å². The van der Waals surface area contributed by atoms with Crippen molar-refractivity contribution in [2.45, 2.75) is 11.0 Å². The van der Waals surface area contributed by atoms with Gasteiger partial charge in [0.05, 0.1) is 16.1 Å². The van der Waals surface area contributed by atoms with Gasteiger partial charge in [-0.2, -0.15) is 0 Å². The minimum Gasteiger partial charge on any atom is -0.483 e. The molecule has 0 bridgehead atoms. The molecule has 2 aliphatic rings. The van der Waals surface area contributed by atoms with E-state index in [4.69, 9.17) is 19.3 Å². The summed E-state index contributed by atoms with van der Waals surface area (Å²) in [4.78, 5) is 10.0. The number of nitrogens with two attached hydrogens (primary N) is 1. The Balaban J connectivity index is 1.76. The Morgan fingerprint density at radius 2 is 2.12 bits per heavy atom. The highest BCUT2D eigenvalue weighted by atomic mass is 32.2.